The SMILES string of the molecule is CNc1ccccc1C1=CC(C)=CN(C(=O)c2ccccc2Cl)CC1(C)C. The number of nitrogens with zero attached hydrogens (tertiary/aromatic N) is 1. The predicted octanol–water partition coefficient (Wildman–Crippen LogP) is 5.85. The summed E-state index contributed by atoms with van der Waals surface area (Å²) in [7, 11) is 1.93. The van der Waals surface area contributed by atoms with Crippen LogP contribution in [0.2, 0.25) is 5.02 Å². The molecule has 140 valence electrons. The number of carbonyl (C=O) groups is 1. The van der Waals surface area contributed by atoms with Crippen LogP contribution in [0.25, 0.3) is 5.57 Å². The summed E-state index contributed by atoms with van der Waals surface area (Å²) in [5.74, 6) is -0.0791. The number of halogens is 1. The standard InChI is InChI=1S/C23H25ClN2O/c1-16-13-19(17-9-6-8-12-21(17)25-4)23(2,3)15-26(14-16)22(27)18-10-5-7-11-20(18)24/h5-14,25H,15H2,1-4H3. The molecule has 0 aliphatic carbocycles. The minimum absolute atomic E-state index is 0.0791. The highest BCUT2D eigenvalue weighted by atomic mass is 35.5. The van der Waals surface area contributed by atoms with E-state index < -0.39 is 0 Å². The van der Waals surface area contributed by atoms with Crippen LogP contribution >= 0.6 is 11.6 Å². The number of benzene rings is 2. The van der Waals surface area contributed by atoms with Gasteiger partial charge in [-0.05, 0) is 36.3 Å². The van der Waals surface area contributed by atoms with E-state index in [0.717, 1.165) is 16.8 Å². The van der Waals surface area contributed by atoms with E-state index in [9.17, 15) is 4.79 Å². The van der Waals surface area contributed by atoms with Gasteiger partial charge in [-0.3, -0.25) is 4.79 Å². The van der Waals surface area contributed by atoms with E-state index >= 15 is 0 Å². The molecule has 1 heterocycles. The molecule has 3 rings (SSSR count). The van der Waals surface area contributed by atoms with Crippen LogP contribution in [0, 0.1) is 5.41 Å². The van der Waals surface area contributed by atoms with Crippen molar-refractivity contribution < 1.29 is 4.79 Å². The third kappa shape index (κ3) is 3.93. The summed E-state index contributed by atoms with van der Waals surface area (Å²) in [6.45, 7) is 6.93. The van der Waals surface area contributed by atoms with Crippen molar-refractivity contribution in [2.75, 3.05) is 18.9 Å². The highest BCUT2D eigenvalue weighted by molar-refractivity contribution is 6.33. The third-order valence-electron chi connectivity index (χ3n) is 4.88. The molecule has 0 saturated carbocycles. The van der Waals surface area contributed by atoms with Gasteiger partial charge in [0.2, 0.25) is 0 Å². The lowest BCUT2D eigenvalue weighted by atomic mass is 9.79. The molecule has 0 saturated heterocycles. The zero-order chi connectivity index (χ0) is 19.6. The number of hydrogen-bond acceptors (Lipinski definition) is 2. The van der Waals surface area contributed by atoms with Crippen LogP contribution in [0.3, 0.4) is 0 Å². The fourth-order valence-corrected chi connectivity index (χ4v) is 3.78. The maximum absolute atomic E-state index is 13.1. The molecule has 2 aromatic carbocycles. The van der Waals surface area contributed by atoms with Crippen molar-refractivity contribution in [1.82, 2.24) is 4.90 Å². The van der Waals surface area contributed by atoms with E-state index in [1.54, 1.807) is 17.0 Å². The van der Waals surface area contributed by atoms with Crippen molar-refractivity contribution in [3.8, 4) is 0 Å². The number of para-hydroxylation sites is 1. The maximum atomic E-state index is 13.1. The predicted molar refractivity (Wildman–Crippen MR) is 114 cm³/mol. The molecule has 0 fully saturated rings. The van der Waals surface area contributed by atoms with Crippen LogP contribution in [-0.2, 0) is 0 Å². The van der Waals surface area contributed by atoms with Crippen LogP contribution < -0.4 is 5.32 Å². The van der Waals surface area contributed by atoms with Crippen molar-refractivity contribution in [2.24, 2.45) is 5.41 Å². The Morgan fingerprint density at radius 3 is 2.48 bits per heavy atom. The van der Waals surface area contributed by atoms with Gasteiger partial charge in [0.25, 0.3) is 5.91 Å². The molecule has 0 radical (unpaired) electrons. The fraction of sp³-hybridized carbons (Fsp3) is 0.261. The fourth-order valence-electron chi connectivity index (χ4n) is 3.56. The van der Waals surface area contributed by atoms with Gasteiger partial charge in [-0.15, -0.1) is 0 Å². The summed E-state index contributed by atoms with van der Waals surface area (Å²) in [5.41, 5.74) is 4.76. The summed E-state index contributed by atoms with van der Waals surface area (Å²) in [6.07, 6.45) is 4.10. The van der Waals surface area contributed by atoms with E-state index in [4.69, 9.17) is 11.6 Å². The zero-order valence-corrected chi connectivity index (χ0v) is 17.0. The molecule has 27 heavy (non-hydrogen) atoms. The van der Waals surface area contributed by atoms with Gasteiger partial charge in [0.15, 0.2) is 0 Å². The zero-order valence-electron chi connectivity index (χ0n) is 16.2. The molecular formula is C23H25ClN2O. The first kappa shape index (κ1) is 19.2. The molecule has 1 aliphatic rings. The summed E-state index contributed by atoms with van der Waals surface area (Å²) in [5, 5.41) is 3.75. The first-order chi connectivity index (χ1) is 12.8. The molecule has 0 unspecified atom stereocenters. The number of nitrogens with one attached hydrogen (secondary N) is 1. The average molecular weight is 381 g/mol. The molecule has 0 atom stereocenters. The van der Waals surface area contributed by atoms with Crippen molar-refractivity contribution in [3.05, 3.63) is 82.5 Å². The quantitative estimate of drug-likeness (QED) is 0.724. The Hall–Kier alpha value is -2.52. The smallest absolute Gasteiger partial charge is 0.259 e. The van der Waals surface area contributed by atoms with E-state index in [-0.39, 0.29) is 11.3 Å². The van der Waals surface area contributed by atoms with E-state index in [1.165, 1.54) is 5.57 Å². The Kier molecular flexibility index (Phi) is 5.43. The average Bonchev–Trinajstić information content (AvgIpc) is 2.76. The van der Waals surface area contributed by atoms with Crippen LogP contribution in [0.5, 0.6) is 0 Å². The molecule has 0 aromatic heterocycles. The second kappa shape index (κ2) is 7.61. The molecule has 0 bridgehead atoms. The van der Waals surface area contributed by atoms with Gasteiger partial charge in [0, 0.05) is 36.5 Å². The van der Waals surface area contributed by atoms with Gasteiger partial charge in [-0.1, -0.05) is 61.9 Å². The minimum atomic E-state index is -0.238. The molecule has 2 aromatic rings. The largest absolute Gasteiger partial charge is 0.388 e. The highest BCUT2D eigenvalue weighted by Gasteiger charge is 2.32. The number of allylic oxidation sites excluding steroid dienone is 2. The van der Waals surface area contributed by atoms with Gasteiger partial charge in [0.1, 0.15) is 0 Å². The van der Waals surface area contributed by atoms with Crippen LogP contribution in [0.1, 0.15) is 36.7 Å². The van der Waals surface area contributed by atoms with Crippen molar-refractivity contribution in [1.29, 1.82) is 0 Å². The van der Waals surface area contributed by atoms with E-state index in [2.05, 4.69) is 37.4 Å². The van der Waals surface area contributed by atoms with Gasteiger partial charge in [-0.25, -0.2) is 0 Å². The van der Waals surface area contributed by atoms with E-state index in [0.29, 0.717) is 17.1 Å². The minimum Gasteiger partial charge on any atom is -0.388 e. The van der Waals surface area contributed by atoms with Crippen molar-refractivity contribution >= 4 is 28.8 Å². The molecule has 0 spiro atoms. The number of hydrogen-bond donors (Lipinski definition) is 1. The Balaban J connectivity index is 2.00. The second-order valence-corrected chi connectivity index (χ2v) is 7.93. The highest BCUT2D eigenvalue weighted by Crippen LogP contribution is 2.41. The number of anilines is 1. The molecule has 4 heteroatoms. The van der Waals surface area contributed by atoms with Gasteiger partial charge in [-0.2, -0.15) is 0 Å². The van der Waals surface area contributed by atoms with Crippen LogP contribution in [0.4, 0.5) is 5.69 Å². The van der Waals surface area contributed by atoms with Crippen molar-refractivity contribution in [3.63, 3.8) is 0 Å². The molecule has 1 amide bonds. The lowest BCUT2D eigenvalue weighted by molar-refractivity contribution is 0.0794. The van der Waals surface area contributed by atoms with Crippen LogP contribution in [0.15, 0.2) is 66.4 Å². The summed E-state index contributed by atoms with van der Waals surface area (Å²) < 4.78 is 0. The first-order valence-electron chi connectivity index (χ1n) is 9.07. The summed E-state index contributed by atoms with van der Waals surface area (Å²) >= 11 is 6.26. The van der Waals surface area contributed by atoms with E-state index in [1.807, 2.05) is 44.4 Å². The Morgan fingerprint density at radius 2 is 1.78 bits per heavy atom. The number of rotatable bonds is 3. The first-order valence-corrected chi connectivity index (χ1v) is 9.44. The van der Waals surface area contributed by atoms with Crippen molar-refractivity contribution in [2.45, 2.75) is 20.8 Å². The lowest BCUT2D eigenvalue weighted by Crippen LogP contribution is -2.35. The Morgan fingerprint density at radius 1 is 1.11 bits per heavy atom. The normalized spacial score (nSPS) is 16.3. The summed E-state index contributed by atoms with van der Waals surface area (Å²) in [6, 6.07) is 15.5. The third-order valence-corrected chi connectivity index (χ3v) is 5.21. The van der Waals surface area contributed by atoms with Gasteiger partial charge < -0.3 is 10.2 Å². The summed E-state index contributed by atoms with van der Waals surface area (Å²) in [4.78, 5) is 14.9. The number of amides is 1. The number of carbonyl (C=O) groups excluding carboxylic acids is 1. The topological polar surface area (TPSA) is 32.3 Å². The lowest BCUT2D eigenvalue weighted by Gasteiger charge is -2.32. The Bertz CT molecular complexity index is 927. The second-order valence-electron chi connectivity index (χ2n) is 7.52. The van der Waals surface area contributed by atoms with Gasteiger partial charge >= 0.3 is 0 Å². The maximum Gasteiger partial charge on any atom is 0.259 e. The molecule has 3 nitrogen and oxygen atoms in total. The Labute approximate surface area is 166 Å². The molecule has 1 aliphatic heterocycles. The van der Waals surface area contributed by atoms with Crippen LogP contribution in [-0.4, -0.2) is 24.4 Å². The molecular weight excluding hydrogens is 356 g/mol. The van der Waals surface area contributed by atoms with Gasteiger partial charge in [0.05, 0.1) is 10.6 Å². The monoisotopic (exact) mass is 380 g/mol. The molecule has 1 N–H and O–H groups in total.